The van der Waals surface area contributed by atoms with E-state index >= 15 is 0 Å². The Bertz CT molecular complexity index is 411. The van der Waals surface area contributed by atoms with Crippen LogP contribution in [0.2, 0.25) is 4.34 Å². The summed E-state index contributed by atoms with van der Waals surface area (Å²) in [6.07, 6.45) is 4.98. The second-order valence-electron chi connectivity index (χ2n) is 3.56. The maximum Gasteiger partial charge on any atom is 0.143 e. The number of rotatable bonds is 3. The number of nitrogens with zero attached hydrogens (tertiary/aromatic N) is 2. The molecule has 1 atom stereocenters. The maximum absolute atomic E-state index is 5.94. The monoisotopic (exact) mass is 238 g/mol. The smallest absolute Gasteiger partial charge is 0.143 e. The summed E-state index contributed by atoms with van der Waals surface area (Å²) in [5.74, 6) is 0. The first-order valence-electron chi connectivity index (χ1n) is 4.96. The molecule has 0 saturated heterocycles. The van der Waals surface area contributed by atoms with Gasteiger partial charge in [0, 0.05) is 17.3 Å². The van der Waals surface area contributed by atoms with Crippen molar-refractivity contribution in [2.75, 3.05) is 0 Å². The normalized spacial score (nSPS) is 12.9. The van der Waals surface area contributed by atoms with Crippen molar-refractivity contribution in [1.29, 1.82) is 0 Å². The van der Waals surface area contributed by atoms with Gasteiger partial charge in [-0.15, -0.1) is 11.3 Å². The molecule has 0 N–H and O–H groups in total. The van der Waals surface area contributed by atoms with E-state index in [1.807, 2.05) is 16.9 Å². The minimum atomic E-state index is 0.316. The van der Waals surface area contributed by atoms with E-state index in [0.717, 1.165) is 10.8 Å². The van der Waals surface area contributed by atoms with Gasteiger partial charge in [0.15, 0.2) is 0 Å². The molecular weight excluding hydrogens is 226 g/mol. The quantitative estimate of drug-likeness (QED) is 0.747. The predicted octanol–water partition coefficient (Wildman–Crippen LogP) is 1.86. The highest BCUT2D eigenvalue weighted by Crippen LogP contribution is 2.30. The lowest BCUT2D eigenvalue weighted by Crippen LogP contribution is -2.09. The zero-order chi connectivity index (χ0) is 10.8. The Morgan fingerprint density at radius 3 is 2.87 bits per heavy atom. The van der Waals surface area contributed by atoms with E-state index in [0.29, 0.717) is 6.04 Å². The highest BCUT2D eigenvalue weighted by atomic mass is 35.5. The molecule has 0 aliphatic rings. The van der Waals surface area contributed by atoms with E-state index in [1.54, 1.807) is 11.3 Å². The van der Waals surface area contributed by atoms with Gasteiger partial charge in [0.05, 0.1) is 10.4 Å². The molecule has 2 rings (SSSR count). The summed E-state index contributed by atoms with van der Waals surface area (Å²) in [5.41, 5.74) is 1.19. The van der Waals surface area contributed by atoms with Crippen LogP contribution in [0.25, 0.3) is 0 Å². The lowest BCUT2D eigenvalue weighted by Gasteiger charge is -2.13. The molecule has 0 aliphatic heterocycles. The van der Waals surface area contributed by atoms with Crippen molar-refractivity contribution in [1.82, 2.24) is 9.78 Å². The van der Waals surface area contributed by atoms with Crippen LogP contribution in [0, 0.1) is 0 Å². The van der Waals surface area contributed by atoms with Crippen LogP contribution in [-0.2, 0) is 0 Å². The van der Waals surface area contributed by atoms with Gasteiger partial charge in [0.2, 0.25) is 0 Å². The summed E-state index contributed by atoms with van der Waals surface area (Å²) in [6, 6.07) is 4.34. The molecule has 0 saturated carbocycles. The molecule has 2 nitrogen and oxygen atoms in total. The Hall–Kier alpha value is -0.735. The Kier molecular flexibility index (Phi) is 3.17. The summed E-state index contributed by atoms with van der Waals surface area (Å²) >= 11 is 7.57. The molecule has 1 unspecified atom stereocenters. The maximum atomic E-state index is 5.94. The fourth-order valence-electron chi connectivity index (χ4n) is 1.63. The standard InChI is InChI=1S/C10H12BClN2S/c1-2-8(9-3-4-10(12)15-9)14-6-7(11)5-13-14/h3-6,8H,2,11H2,1H3. The molecule has 2 heterocycles. The molecule has 78 valence electrons. The van der Waals surface area contributed by atoms with Gasteiger partial charge < -0.3 is 0 Å². The number of thiophene rings is 1. The highest BCUT2D eigenvalue weighted by molar-refractivity contribution is 7.16. The summed E-state index contributed by atoms with van der Waals surface area (Å²) in [7, 11) is 2.05. The molecule has 2 aromatic heterocycles. The third-order valence-corrected chi connectivity index (χ3v) is 3.69. The van der Waals surface area contributed by atoms with Crippen LogP contribution in [0.3, 0.4) is 0 Å². The lowest BCUT2D eigenvalue weighted by molar-refractivity contribution is 0.517. The summed E-state index contributed by atoms with van der Waals surface area (Å²) < 4.78 is 2.85. The van der Waals surface area contributed by atoms with Gasteiger partial charge in [-0.05, 0) is 18.6 Å². The van der Waals surface area contributed by atoms with Crippen molar-refractivity contribution in [3.8, 4) is 0 Å². The van der Waals surface area contributed by atoms with E-state index < -0.39 is 0 Å². The molecule has 0 radical (unpaired) electrons. The molecule has 0 aromatic carbocycles. The predicted molar refractivity (Wildman–Crippen MR) is 68.2 cm³/mol. The minimum absolute atomic E-state index is 0.316. The van der Waals surface area contributed by atoms with Gasteiger partial charge in [-0.1, -0.05) is 24.0 Å². The summed E-state index contributed by atoms with van der Waals surface area (Å²) in [5, 5.41) is 4.35. The molecule has 15 heavy (non-hydrogen) atoms. The fourth-order valence-corrected chi connectivity index (χ4v) is 2.87. The van der Waals surface area contributed by atoms with Crippen molar-refractivity contribution >= 4 is 36.2 Å². The molecule has 0 amide bonds. The molecule has 0 spiro atoms. The van der Waals surface area contributed by atoms with Crippen LogP contribution in [0.15, 0.2) is 24.5 Å². The Morgan fingerprint density at radius 2 is 2.40 bits per heavy atom. The molecule has 0 aliphatic carbocycles. The number of hydrogen-bond donors (Lipinski definition) is 0. The van der Waals surface area contributed by atoms with Crippen LogP contribution >= 0.6 is 22.9 Å². The van der Waals surface area contributed by atoms with Crippen LogP contribution in [0.5, 0.6) is 0 Å². The van der Waals surface area contributed by atoms with E-state index in [4.69, 9.17) is 11.6 Å². The largest absolute Gasteiger partial charge is 0.265 e. The van der Waals surface area contributed by atoms with Gasteiger partial charge in [-0.3, -0.25) is 4.68 Å². The number of aromatic nitrogens is 2. The van der Waals surface area contributed by atoms with Crippen LogP contribution in [0.4, 0.5) is 0 Å². The van der Waals surface area contributed by atoms with Crippen molar-refractivity contribution < 1.29 is 0 Å². The molecule has 0 bridgehead atoms. The number of hydrogen-bond acceptors (Lipinski definition) is 2. The molecular formula is C10H12BClN2S. The Labute approximate surface area is 99.3 Å². The second kappa shape index (κ2) is 4.41. The minimum Gasteiger partial charge on any atom is -0.265 e. The second-order valence-corrected chi connectivity index (χ2v) is 5.31. The first-order valence-corrected chi connectivity index (χ1v) is 6.16. The Morgan fingerprint density at radius 1 is 1.60 bits per heavy atom. The zero-order valence-electron chi connectivity index (χ0n) is 8.77. The van der Waals surface area contributed by atoms with E-state index in [9.17, 15) is 0 Å². The van der Waals surface area contributed by atoms with Gasteiger partial charge in [0.25, 0.3) is 0 Å². The van der Waals surface area contributed by atoms with E-state index in [-0.39, 0.29) is 0 Å². The lowest BCUT2D eigenvalue weighted by atomic mass is 10.0. The van der Waals surface area contributed by atoms with Crippen LogP contribution in [0.1, 0.15) is 24.3 Å². The molecule has 2 aromatic rings. The average Bonchev–Trinajstić information content (AvgIpc) is 2.78. The van der Waals surface area contributed by atoms with E-state index in [2.05, 4.69) is 32.1 Å². The molecule has 0 fully saturated rings. The summed E-state index contributed by atoms with van der Waals surface area (Å²) in [6.45, 7) is 2.16. The van der Waals surface area contributed by atoms with E-state index in [1.165, 1.54) is 10.3 Å². The van der Waals surface area contributed by atoms with Gasteiger partial charge >= 0.3 is 0 Å². The first-order chi connectivity index (χ1) is 7.20. The highest BCUT2D eigenvalue weighted by Gasteiger charge is 2.14. The van der Waals surface area contributed by atoms with Crippen molar-refractivity contribution in [3.63, 3.8) is 0 Å². The van der Waals surface area contributed by atoms with Gasteiger partial charge in [-0.2, -0.15) is 5.10 Å². The third-order valence-electron chi connectivity index (χ3n) is 2.36. The molecule has 5 heteroatoms. The zero-order valence-corrected chi connectivity index (χ0v) is 10.3. The van der Waals surface area contributed by atoms with Crippen molar-refractivity contribution in [2.45, 2.75) is 19.4 Å². The topological polar surface area (TPSA) is 17.8 Å². The van der Waals surface area contributed by atoms with Gasteiger partial charge in [-0.25, -0.2) is 0 Å². The third kappa shape index (κ3) is 2.26. The van der Waals surface area contributed by atoms with Crippen molar-refractivity contribution in [3.05, 3.63) is 33.7 Å². The van der Waals surface area contributed by atoms with Gasteiger partial charge in [0.1, 0.15) is 7.85 Å². The van der Waals surface area contributed by atoms with Crippen molar-refractivity contribution in [2.24, 2.45) is 0 Å². The number of halogens is 1. The van der Waals surface area contributed by atoms with Crippen LogP contribution in [-0.4, -0.2) is 17.6 Å². The summed E-state index contributed by atoms with van der Waals surface area (Å²) in [4.78, 5) is 1.27. The first kappa shape index (κ1) is 10.8. The van der Waals surface area contributed by atoms with Crippen LogP contribution < -0.4 is 5.46 Å². The SMILES string of the molecule is Bc1cnn(C(CC)c2ccc(Cl)s2)c1. The fraction of sp³-hybridized carbons (Fsp3) is 0.300. The average molecular weight is 239 g/mol. The Balaban J connectivity index is 2.32.